The summed E-state index contributed by atoms with van der Waals surface area (Å²) in [6, 6.07) is 2.92. The van der Waals surface area contributed by atoms with Gasteiger partial charge >= 0.3 is 163 Å². The first-order chi connectivity index (χ1) is 12.0. The molecule has 0 saturated carbocycles. The topological polar surface area (TPSA) is 27.9 Å². The average Bonchev–Trinajstić information content (AvgIpc) is 2.73. The Morgan fingerprint density at radius 3 is 2.58 bits per heavy atom. The number of allylic oxidation sites excluding steroid dienone is 2. The van der Waals surface area contributed by atoms with Gasteiger partial charge in [-0.25, -0.2) is 0 Å². The number of hydrogen-bond donors (Lipinski definition) is 0. The van der Waals surface area contributed by atoms with Crippen molar-refractivity contribution in [1.82, 2.24) is 4.90 Å². The van der Waals surface area contributed by atoms with E-state index in [1.54, 1.807) is 24.8 Å². The van der Waals surface area contributed by atoms with Crippen molar-refractivity contribution in [2.45, 2.75) is 33.2 Å². The summed E-state index contributed by atoms with van der Waals surface area (Å²) >= 11 is 6.83. The van der Waals surface area contributed by atoms with Crippen LogP contribution >= 0.6 is 12.2 Å². The van der Waals surface area contributed by atoms with Crippen molar-refractivity contribution in [3.05, 3.63) is 59.4 Å². The molecular formula is C19H18FN3OSW. The van der Waals surface area contributed by atoms with Crippen LogP contribution in [0.15, 0.2) is 36.6 Å². The summed E-state index contributed by atoms with van der Waals surface area (Å²) in [6.07, 6.45) is 3.72. The van der Waals surface area contributed by atoms with Crippen LogP contribution in [0.3, 0.4) is 0 Å². The number of rotatable bonds is 4. The zero-order chi connectivity index (χ0) is 19.8. The molecule has 1 aromatic rings. The van der Waals surface area contributed by atoms with E-state index in [1.165, 1.54) is 43.3 Å². The zero-order valence-electron chi connectivity index (χ0n) is 15.0. The van der Waals surface area contributed by atoms with Crippen LogP contribution in [0.1, 0.15) is 26.3 Å². The van der Waals surface area contributed by atoms with E-state index in [2.05, 4.69) is 11.4 Å². The third kappa shape index (κ3) is 3.34. The number of carbonyl (C=O) groups excluding carboxylic acids is 1. The molecule has 0 bridgehead atoms. The minimum absolute atomic E-state index is 0.0555. The molecule has 0 spiro atoms. The van der Waals surface area contributed by atoms with E-state index in [9.17, 15) is 9.18 Å². The van der Waals surface area contributed by atoms with Gasteiger partial charge in [0.05, 0.1) is 6.57 Å². The van der Waals surface area contributed by atoms with Gasteiger partial charge in [0.1, 0.15) is 0 Å². The predicted octanol–water partition coefficient (Wildman–Crippen LogP) is 4.21. The number of amides is 1. The minimum atomic E-state index is -0.994. The first kappa shape index (κ1) is 20.4. The van der Waals surface area contributed by atoms with E-state index in [0.717, 1.165) is 3.90 Å². The number of halogens is 1. The summed E-state index contributed by atoms with van der Waals surface area (Å²) in [5, 5.41) is 0.171. The Balaban J connectivity index is 2.54. The van der Waals surface area contributed by atoms with Gasteiger partial charge in [0.15, 0.2) is 0 Å². The molecule has 2 rings (SSSR count). The Morgan fingerprint density at radius 1 is 1.42 bits per heavy atom. The fraction of sp³-hybridized carbons (Fsp3) is 0.263. The molecule has 4 nitrogen and oxygen atoms in total. The standard InChI is InChI=1S/C19H18FN3OS.W/c1-7-8-9-12(2)23-18(25)22(17(24)19(23,4)5)15-11-10-14(21-6)13(3)16(15)20;/h8-11H,2H2,1,3-5H3;. The molecule has 1 heterocycles. The zero-order valence-corrected chi connectivity index (χ0v) is 18.7. The Morgan fingerprint density at radius 2 is 2.04 bits per heavy atom. The summed E-state index contributed by atoms with van der Waals surface area (Å²) in [5.41, 5.74) is 0.0310. The second-order valence-corrected chi connectivity index (χ2v) is 9.09. The molecule has 1 aliphatic rings. The molecular weight excluding hydrogens is 521 g/mol. The quantitative estimate of drug-likeness (QED) is 0.326. The second-order valence-electron chi connectivity index (χ2n) is 6.41. The Labute approximate surface area is 169 Å². The fourth-order valence-corrected chi connectivity index (χ4v) is 3.50. The van der Waals surface area contributed by atoms with Gasteiger partial charge in [0.25, 0.3) is 0 Å². The average molecular weight is 539 g/mol. The van der Waals surface area contributed by atoms with Crippen molar-refractivity contribution in [3.8, 4) is 0 Å². The van der Waals surface area contributed by atoms with E-state index in [0.29, 0.717) is 5.70 Å². The third-order valence-electron chi connectivity index (χ3n) is 4.16. The summed E-state index contributed by atoms with van der Waals surface area (Å²) in [7, 11) is 0. The number of carbonyl (C=O) groups is 1. The van der Waals surface area contributed by atoms with Crippen molar-refractivity contribution in [2.75, 3.05) is 4.90 Å². The van der Waals surface area contributed by atoms with Crippen molar-refractivity contribution in [1.29, 1.82) is 0 Å². The van der Waals surface area contributed by atoms with E-state index in [1.807, 2.05) is 13.0 Å². The first-order valence-corrected chi connectivity index (χ1v) is 9.64. The van der Waals surface area contributed by atoms with Crippen LogP contribution in [0.5, 0.6) is 0 Å². The molecule has 1 amide bonds. The Bertz CT molecular complexity index is 914. The molecule has 0 atom stereocenters. The SMILES string of the molecule is [C-]#[N+]c1ccc(N2C(=O)C(C)(C)N(C(=C)C=C[C](C)=[W])C2=S)c(F)c1C. The van der Waals surface area contributed by atoms with E-state index in [4.69, 9.17) is 18.8 Å². The summed E-state index contributed by atoms with van der Waals surface area (Å²) in [5.74, 6) is -0.955. The normalized spacial score (nSPS) is 16.3. The van der Waals surface area contributed by atoms with Gasteiger partial charge in [0.2, 0.25) is 0 Å². The fourth-order valence-electron chi connectivity index (χ4n) is 2.73. The Hall–Kier alpha value is -1.96. The maximum absolute atomic E-state index is 14.8. The number of benzene rings is 1. The molecule has 0 radical (unpaired) electrons. The molecule has 1 aliphatic heterocycles. The first-order valence-electron chi connectivity index (χ1n) is 7.77. The van der Waals surface area contributed by atoms with Gasteiger partial charge in [-0.15, -0.1) is 0 Å². The second kappa shape index (κ2) is 7.34. The van der Waals surface area contributed by atoms with E-state index in [-0.39, 0.29) is 28.0 Å². The molecule has 26 heavy (non-hydrogen) atoms. The number of hydrogen-bond acceptors (Lipinski definition) is 2. The number of nitrogens with zero attached hydrogens (tertiary/aromatic N) is 3. The maximum atomic E-state index is 14.8. The Kier molecular flexibility index (Phi) is 5.75. The molecule has 0 aliphatic carbocycles. The third-order valence-corrected chi connectivity index (χ3v) is 5.02. The summed E-state index contributed by atoms with van der Waals surface area (Å²) in [4.78, 5) is 19.1. The van der Waals surface area contributed by atoms with Gasteiger partial charge in [0, 0.05) is 0 Å². The summed E-state index contributed by atoms with van der Waals surface area (Å²) < 4.78 is 16.0. The molecule has 1 fully saturated rings. The van der Waals surface area contributed by atoms with Crippen molar-refractivity contribution >= 4 is 38.5 Å². The van der Waals surface area contributed by atoms with Crippen LogP contribution in [0.25, 0.3) is 4.85 Å². The van der Waals surface area contributed by atoms with Gasteiger partial charge in [-0.1, -0.05) is 0 Å². The summed E-state index contributed by atoms with van der Waals surface area (Å²) in [6.45, 7) is 18.1. The molecule has 0 unspecified atom stereocenters. The molecule has 1 aromatic carbocycles. The predicted molar refractivity (Wildman–Crippen MR) is 102 cm³/mol. The van der Waals surface area contributed by atoms with Crippen molar-refractivity contribution in [2.24, 2.45) is 0 Å². The molecule has 1 saturated heterocycles. The van der Waals surface area contributed by atoms with Crippen LogP contribution in [0, 0.1) is 19.3 Å². The molecule has 7 heteroatoms. The van der Waals surface area contributed by atoms with Crippen LogP contribution in [0.2, 0.25) is 0 Å². The van der Waals surface area contributed by atoms with Gasteiger partial charge < -0.3 is 0 Å². The van der Waals surface area contributed by atoms with Crippen LogP contribution in [-0.4, -0.2) is 25.4 Å². The van der Waals surface area contributed by atoms with Gasteiger partial charge in [-0.3, -0.25) is 0 Å². The number of thiocarbonyl (C=S) groups is 1. The van der Waals surface area contributed by atoms with Crippen LogP contribution < -0.4 is 4.90 Å². The van der Waals surface area contributed by atoms with Gasteiger partial charge in [-0.2, -0.15) is 0 Å². The van der Waals surface area contributed by atoms with Crippen LogP contribution in [0.4, 0.5) is 15.8 Å². The van der Waals surface area contributed by atoms with E-state index < -0.39 is 11.4 Å². The van der Waals surface area contributed by atoms with Crippen molar-refractivity contribution < 1.29 is 28.5 Å². The van der Waals surface area contributed by atoms with Crippen molar-refractivity contribution in [3.63, 3.8) is 0 Å². The van der Waals surface area contributed by atoms with E-state index >= 15 is 0 Å². The molecule has 0 N–H and O–H groups in total. The van der Waals surface area contributed by atoms with Gasteiger partial charge in [-0.05, 0) is 0 Å². The number of anilines is 1. The molecule has 134 valence electrons. The van der Waals surface area contributed by atoms with Crippen LogP contribution in [-0.2, 0) is 24.1 Å². The monoisotopic (exact) mass is 539 g/mol. The molecule has 0 aromatic heterocycles.